The Balaban J connectivity index is 1.47. The van der Waals surface area contributed by atoms with Gasteiger partial charge in [0.2, 0.25) is 112 Å². The van der Waals surface area contributed by atoms with E-state index in [9.17, 15) is 101 Å². The maximum Gasteiger partial charge on any atom is 0.326 e. The summed E-state index contributed by atoms with van der Waals surface area (Å²) in [5, 5.41) is 54.4. The fourth-order valence-electron chi connectivity index (χ4n) is 14.4. The molecule has 4 aromatic rings. The molecule has 0 radical (unpaired) electrons. The normalized spacial score (nSPS) is 14.8. The predicted octanol–water partition coefficient (Wildman–Crippen LogP) is -1.03. The van der Waals surface area contributed by atoms with Crippen molar-refractivity contribution in [1.29, 1.82) is 0 Å². The van der Waals surface area contributed by atoms with Crippen molar-refractivity contribution in [1.82, 2.24) is 95.4 Å². The zero-order valence-electron chi connectivity index (χ0n) is 81.1. The molecule has 1 aromatic heterocycles. The Morgan fingerprint density at radius 2 is 0.693 bits per heavy atom. The smallest absolute Gasteiger partial charge is 0.326 e. The number of H-pyrrole nitrogens is 1. The molecule has 0 saturated carbocycles. The van der Waals surface area contributed by atoms with E-state index >= 15 is 0 Å². The topological polar surface area (TPSA) is 660 Å². The number of aliphatic carboxylic acids is 1. The summed E-state index contributed by atoms with van der Waals surface area (Å²) in [5.74, 6) is -19.2. The number of benzene rings is 3. The van der Waals surface area contributed by atoms with Gasteiger partial charge in [0.05, 0.1) is 32.1 Å². The van der Waals surface area contributed by atoms with Crippen LogP contribution in [0.1, 0.15) is 185 Å². The molecule has 0 aliphatic heterocycles. The maximum absolute atomic E-state index is 14.8. The molecule has 0 aliphatic carbocycles. The monoisotopic (exact) mass is 1930 g/mol. The van der Waals surface area contributed by atoms with E-state index < -0.39 is 254 Å². The standard InChI is InChI=1S/C94H143N21O21S/c1-17-54(12)79(93(134)114-68(39-52(8)9)87(128)104-57(15)82(123)109-71(42-59-28-22-19-23-29-59)91(132)112-66(37-50(4)5)85(126)101-48-78(120)107-73(94(135)136)43-60-45-98-63-31-25-24-30-61(60)63)115-92(133)70(41-58-26-20-18-21-27-58)106-77(119)47-100-84(125)65(36-49(2)3)111-90(131)69(40-53(10)11)113-86(127)64(32-33-74(96)116)108-89(130)67(38-51(6)7)105-76(118)46-99-80(121)55(13)103-88(129)72(44-75(97)117)110-81(122)56(14)102-83(124)62(95)34-35-137-16/h18-31,45,49-57,62,64-73,79,98H,17,32-44,46-48,95H2,1-16H3,(H2,96,116)(H2,97,117)(H,99,121)(H,100,125)(H,101,126)(H,102,124)(H,103,129)(H,104,128)(H,105,118)(H,106,119)(H,107,120)(H,108,130)(H,109,123)(H,110,122)(H,111,131)(H,112,132)(H,113,127)(H,114,134)(H,115,133)(H,135,136)/t54-,55-,56-,57-,62-,64-,65-,66-,67-,68-,69-,70-,71-,72-,73-,79-/m0/s1. The van der Waals surface area contributed by atoms with Crippen LogP contribution in [0, 0.1) is 35.5 Å². The fraction of sp³-hybridized carbons (Fsp3) is 0.574. The molecule has 0 fully saturated rings. The molecule has 0 unspecified atom stereocenters. The van der Waals surface area contributed by atoms with Crippen LogP contribution in [-0.2, 0) is 115 Å². The lowest BCUT2D eigenvalue weighted by molar-refractivity contribution is -0.141. The van der Waals surface area contributed by atoms with Crippen LogP contribution in [-0.4, -0.2) is 251 Å². The Morgan fingerprint density at radius 3 is 1.13 bits per heavy atom. The molecule has 756 valence electrons. The number of hydrogen-bond acceptors (Lipinski definition) is 22. The van der Waals surface area contributed by atoms with E-state index in [0.717, 1.165) is 10.9 Å². The molecular formula is C94H143N21O21S. The van der Waals surface area contributed by atoms with Gasteiger partial charge in [-0.25, -0.2) is 4.79 Å². The fourth-order valence-corrected chi connectivity index (χ4v) is 14.9. The minimum Gasteiger partial charge on any atom is -0.480 e. The molecule has 42 nitrogen and oxygen atoms in total. The van der Waals surface area contributed by atoms with Crippen LogP contribution < -0.4 is 108 Å². The number of hydrogen-bond donors (Lipinski definition) is 22. The molecular weight excluding hydrogens is 1790 g/mol. The Kier molecular flexibility index (Phi) is 50.1. The summed E-state index contributed by atoms with van der Waals surface area (Å²) in [6.45, 7) is 22.7. The summed E-state index contributed by atoms with van der Waals surface area (Å²) in [5.41, 5.74) is 19.4. The van der Waals surface area contributed by atoms with Crippen LogP contribution in [0.3, 0.4) is 0 Å². The van der Waals surface area contributed by atoms with Gasteiger partial charge in [-0.1, -0.05) is 168 Å². The number of nitrogens with two attached hydrogens (primary N) is 3. The number of aromatic nitrogens is 1. The lowest BCUT2D eigenvalue weighted by Gasteiger charge is -2.29. The molecule has 137 heavy (non-hydrogen) atoms. The number of carboxylic acids is 1. The van der Waals surface area contributed by atoms with Crippen molar-refractivity contribution in [3.05, 3.63) is 108 Å². The van der Waals surface area contributed by atoms with E-state index in [1.165, 1.54) is 32.5 Å². The van der Waals surface area contributed by atoms with Crippen molar-refractivity contribution >= 4 is 141 Å². The average Bonchev–Trinajstić information content (AvgIpc) is 1.70. The van der Waals surface area contributed by atoms with Crippen molar-refractivity contribution in [3.63, 3.8) is 0 Å². The summed E-state index contributed by atoms with van der Waals surface area (Å²) in [4.78, 5) is 277. The predicted molar refractivity (Wildman–Crippen MR) is 513 cm³/mol. The number of carbonyl (C=O) groups excluding carboxylic acids is 19. The van der Waals surface area contributed by atoms with E-state index in [4.69, 9.17) is 17.2 Å². The first kappa shape index (κ1) is 116. The minimum absolute atomic E-state index is 0.0186. The molecule has 0 saturated heterocycles. The first-order valence-corrected chi connectivity index (χ1v) is 47.6. The molecule has 1 heterocycles. The van der Waals surface area contributed by atoms with Gasteiger partial charge in [0, 0.05) is 42.8 Å². The Hall–Kier alpha value is -13.1. The van der Waals surface area contributed by atoms with Crippen LogP contribution in [0.2, 0.25) is 0 Å². The number of aromatic amines is 1. The number of thioether (sulfide) groups is 1. The van der Waals surface area contributed by atoms with Crippen molar-refractivity contribution < 1.29 is 101 Å². The molecule has 19 amide bonds. The zero-order chi connectivity index (χ0) is 103. The van der Waals surface area contributed by atoms with E-state index in [1.54, 1.807) is 156 Å². The molecule has 3 aromatic carbocycles. The second-order valence-corrected chi connectivity index (χ2v) is 37.5. The summed E-state index contributed by atoms with van der Waals surface area (Å²) in [6, 6.07) is 3.96. The maximum atomic E-state index is 14.8. The number of fused-ring (bicyclic) bond motifs is 1. The van der Waals surface area contributed by atoms with Gasteiger partial charge >= 0.3 is 5.97 Å². The van der Waals surface area contributed by atoms with Gasteiger partial charge in [-0.2, -0.15) is 11.8 Å². The SMILES string of the molecule is CC[C@H](C)[C@H](NC(=O)[C@H](Cc1ccccc1)NC(=O)CNC(=O)[C@H](CC(C)C)NC(=O)[C@H](CC(C)C)NC(=O)[C@H](CCC(N)=O)NC(=O)[C@H](CC(C)C)NC(=O)CNC(=O)[C@H](C)NC(=O)[C@H](CC(N)=O)NC(=O)[C@H](C)NC(=O)[C@@H](N)CCSC)C(=O)N[C@@H](CC(C)C)C(=O)N[C@@H](C)C(=O)N[C@@H](Cc1ccccc1)C(=O)N[C@@H](CC(C)C)C(=O)NCC(=O)N[C@@H](Cc1c[nH]c2ccccc12)C(=O)O. The number of para-hydroxylation sites is 1. The average molecular weight is 1940 g/mol. The Labute approximate surface area is 803 Å². The Bertz CT molecular complexity index is 4770. The van der Waals surface area contributed by atoms with Crippen molar-refractivity contribution in [3.8, 4) is 0 Å². The van der Waals surface area contributed by atoms with Crippen LogP contribution in [0.25, 0.3) is 10.9 Å². The van der Waals surface area contributed by atoms with Crippen LogP contribution in [0.4, 0.5) is 0 Å². The van der Waals surface area contributed by atoms with E-state index in [1.807, 2.05) is 24.5 Å². The molecule has 16 atom stereocenters. The highest BCUT2D eigenvalue weighted by atomic mass is 32.2. The number of amides is 19. The van der Waals surface area contributed by atoms with E-state index in [2.05, 4.69) is 95.4 Å². The third kappa shape index (κ3) is 42.8. The van der Waals surface area contributed by atoms with Gasteiger partial charge in [0.1, 0.15) is 84.6 Å². The van der Waals surface area contributed by atoms with Gasteiger partial charge < -0.3 is 118 Å². The molecule has 0 aliphatic rings. The first-order chi connectivity index (χ1) is 64.5. The van der Waals surface area contributed by atoms with Crippen molar-refractivity contribution in [2.45, 2.75) is 278 Å². The molecule has 4 rings (SSSR count). The minimum atomic E-state index is -1.61. The second-order valence-electron chi connectivity index (χ2n) is 36.5. The number of rotatable bonds is 61. The van der Waals surface area contributed by atoms with Crippen molar-refractivity contribution in [2.24, 2.45) is 52.7 Å². The number of carbonyl (C=O) groups is 20. The molecule has 0 spiro atoms. The van der Waals surface area contributed by atoms with Gasteiger partial charge in [-0.15, -0.1) is 0 Å². The van der Waals surface area contributed by atoms with E-state index in [0.29, 0.717) is 35.3 Å². The zero-order valence-corrected chi connectivity index (χ0v) is 81.9. The highest BCUT2D eigenvalue weighted by Crippen LogP contribution is 2.21. The highest BCUT2D eigenvalue weighted by molar-refractivity contribution is 7.98. The van der Waals surface area contributed by atoms with Crippen LogP contribution in [0.15, 0.2) is 91.1 Å². The lowest BCUT2D eigenvalue weighted by atomic mass is 9.95. The third-order valence-electron chi connectivity index (χ3n) is 21.9. The largest absolute Gasteiger partial charge is 0.480 e. The van der Waals surface area contributed by atoms with Gasteiger partial charge in [-0.3, -0.25) is 91.1 Å². The van der Waals surface area contributed by atoms with Gasteiger partial charge in [0.15, 0.2) is 0 Å². The van der Waals surface area contributed by atoms with Crippen molar-refractivity contribution in [2.75, 3.05) is 31.6 Å². The molecule has 0 bridgehead atoms. The number of nitrogens with one attached hydrogen (secondary N) is 18. The summed E-state index contributed by atoms with van der Waals surface area (Å²) < 4.78 is 0. The summed E-state index contributed by atoms with van der Waals surface area (Å²) >= 11 is 1.46. The number of primary amides is 2. The van der Waals surface area contributed by atoms with E-state index in [-0.39, 0.29) is 81.0 Å². The first-order valence-electron chi connectivity index (χ1n) is 46.2. The second kappa shape index (κ2) is 59.0. The molecule has 25 N–H and O–H groups in total. The summed E-state index contributed by atoms with van der Waals surface area (Å²) in [7, 11) is 0. The molecule has 43 heteroatoms. The Morgan fingerprint density at radius 1 is 0.350 bits per heavy atom. The summed E-state index contributed by atoms with van der Waals surface area (Å²) in [6.07, 6.45) is 2.18. The van der Waals surface area contributed by atoms with Crippen LogP contribution in [0.5, 0.6) is 0 Å². The third-order valence-corrected chi connectivity index (χ3v) is 22.6. The highest BCUT2D eigenvalue weighted by Gasteiger charge is 2.39. The van der Waals surface area contributed by atoms with Gasteiger partial charge in [0.25, 0.3) is 0 Å². The lowest BCUT2D eigenvalue weighted by Crippen LogP contribution is -2.61. The van der Waals surface area contributed by atoms with Gasteiger partial charge in [-0.05, 0) is 136 Å². The van der Waals surface area contributed by atoms with Crippen LogP contribution >= 0.6 is 11.8 Å². The quantitative estimate of drug-likeness (QED) is 0.0251. The number of carboxylic acid groups (broad SMARTS) is 1.